The highest BCUT2D eigenvalue weighted by atomic mass is 32.2. The fraction of sp³-hybridized carbons (Fsp3) is 0.476. The van der Waals surface area contributed by atoms with Crippen molar-refractivity contribution in [1.82, 2.24) is 20.1 Å². The van der Waals surface area contributed by atoms with E-state index in [1.807, 2.05) is 41.0 Å². The summed E-state index contributed by atoms with van der Waals surface area (Å²) in [6.45, 7) is 8.97. The molecule has 0 aliphatic heterocycles. The number of benzene rings is 1. The SMILES string of the molecule is C=CCn1c(SCC(=O)N[C@@H]2CCC[C@@H](C)[C@H]2C)nnc1-c1ccccc1. The molecular formula is C21H28N4OS. The molecule has 0 unspecified atom stereocenters. The van der Waals surface area contributed by atoms with E-state index in [1.165, 1.54) is 24.6 Å². The number of rotatable bonds is 7. The van der Waals surface area contributed by atoms with Gasteiger partial charge in [0.1, 0.15) is 0 Å². The second kappa shape index (κ2) is 9.22. The van der Waals surface area contributed by atoms with Crippen LogP contribution in [0.25, 0.3) is 11.4 Å². The number of nitrogens with zero attached hydrogens (tertiary/aromatic N) is 3. The Morgan fingerprint density at radius 1 is 1.30 bits per heavy atom. The number of hydrogen-bond donors (Lipinski definition) is 1. The molecule has 3 atom stereocenters. The second-order valence-corrected chi connectivity index (χ2v) is 8.24. The average molecular weight is 385 g/mol. The minimum Gasteiger partial charge on any atom is -0.352 e. The van der Waals surface area contributed by atoms with Crippen LogP contribution in [0.2, 0.25) is 0 Å². The van der Waals surface area contributed by atoms with Crippen LogP contribution >= 0.6 is 11.8 Å². The monoisotopic (exact) mass is 384 g/mol. The van der Waals surface area contributed by atoms with Gasteiger partial charge in [0.15, 0.2) is 11.0 Å². The van der Waals surface area contributed by atoms with E-state index in [0.717, 1.165) is 23.0 Å². The van der Waals surface area contributed by atoms with Crippen molar-refractivity contribution in [3.63, 3.8) is 0 Å². The summed E-state index contributed by atoms with van der Waals surface area (Å²) in [4.78, 5) is 12.5. The molecule has 1 heterocycles. The number of amides is 1. The first-order valence-electron chi connectivity index (χ1n) is 9.61. The van der Waals surface area contributed by atoms with Crippen molar-refractivity contribution in [3.05, 3.63) is 43.0 Å². The summed E-state index contributed by atoms with van der Waals surface area (Å²) in [6.07, 6.45) is 5.35. The number of nitrogens with one attached hydrogen (secondary N) is 1. The normalized spacial score (nSPS) is 22.4. The third-order valence-corrected chi connectivity index (χ3v) is 6.41. The number of allylic oxidation sites excluding steroid dienone is 1. The summed E-state index contributed by atoms with van der Waals surface area (Å²) in [5.41, 5.74) is 1.01. The maximum atomic E-state index is 12.5. The molecule has 1 fully saturated rings. The van der Waals surface area contributed by atoms with Gasteiger partial charge in [0, 0.05) is 18.2 Å². The Bertz CT molecular complexity index is 774. The molecule has 3 rings (SSSR count). The summed E-state index contributed by atoms with van der Waals surface area (Å²) in [7, 11) is 0. The lowest BCUT2D eigenvalue weighted by Crippen LogP contribution is -2.44. The second-order valence-electron chi connectivity index (χ2n) is 7.30. The van der Waals surface area contributed by atoms with Crippen LogP contribution in [0.4, 0.5) is 0 Å². The van der Waals surface area contributed by atoms with Gasteiger partial charge in [0.2, 0.25) is 5.91 Å². The first-order chi connectivity index (χ1) is 13.1. The lowest BCUT2D eigenvalue weighted by Gasteiger charge is -2.34. The van der Waals surface area contributed by atoms with Gasteiger partial charge in [0.05, 0.1) is 5.75 Å². The Balaban J connectivity index is 1.64. The molecule has 144 valence electrons. The summed E-state index contributed by atoms with van der Waals surface area (Å²) in [5, 5.41) is 12.6. The molecule has 0 radical (unpaired) electrons. The van der Waals surface area contributed by atoms with Gasteiger partial charge in [-0.1, -0.05) is 74.9 Å². The predicted molar refractivity (Wildman–Crippen MR) is 110 cm³/mol. The van der Waals surface area contributed by atoms with Crippen molar-refractivity contribution in [2.24, 2.45) is 11.8 Å². The van der Waals surface area contributed by atoms with Crippen molar-refractivity contribution in [2.75, 3.05) is 5.75 Å². The number of thioether (sulfide) groups is 1. The van der Waals surface area contributed by atoms with E-state index in [4.69, 9.17) is 0 Å². The average Bonchev–Trinajstić information content (AvgIpc) is 3.07. The van der Waals surface area contributed by atoms with Crippen molar-refractivity contribution in [2.45, 2.75) is 50.9 Å². The van der Waals surface area contributed by atoms with E-state index in [1.54, 1.807) is 0 Å². The topological polar surface area (TPSA) is 59.8 Å². The van der Waals surface area contributed by atoms with Gasteiger partial charge in [-0.2, -0.15) is 0 Å². The molecule has 1 aromatic heterocycles. The van der Waals surface area contributed by atoms with Crippen LogP contribution in [-0.2, 0) is 11.3 Å². The van der Waals surface area contributed by atoms with Crippen molar-refractivity contribution >= 4 is 17.7 Å². The van der Waals surface area contributed by atoms with Crippen LogP contribution in [0, 0.1) is 11.8 Å². The molecule has 5 nitrogen and oxygen atoms in total. The summed E-state index contributed by atoms with van der Waals surface area (Å²) < 4.78 is 2.01. The zero-order chi connectivity index (χ0) is 19.2. The van der Waals surface area contributed by atoms with Gasteiger partial charge in [-0.25, -0.2) is 0 Å². The Labute approximate surface area is 165 Å². The maximum absolute atomic E-state index is 12.5. The van der Waals surface area contributed by atoms with E-state index >= 15 is 0 Å². The van der Waals surface area contributed by atoms with Gasteiger partial charge < -0.3 is 5.32 Å². The molecule has 1 aliphatic rings. The highest BCUT2D eigenvalue weighted by Gasteiger charge is 2.28. The largest absolute Gasteiger partial charge is 0.352 e. The van der Waals surface area contributed by atoms with E-state index < -0.39 is 0 Å². The van der Waals surface area contributed by atoms with Gasteiger partial charge in [-0.15, -0.1) is 16.8 Å². The molecule has 2 aromatic rings. The number of carbonyl (C=O) groups excluding carboxylic acids is 1. The number of hydrogen-bond acceptors (Lipinski definition) is 4. The molecule has 1 aliphatic carbocycles. The van der Waals surface area contributed by atoms with E-state index in [2.05, 4.69) is 35.9 Å². The molecule has 1 amide bonds. The quantitative estimate of drug-likeness (QED) is 0.575. The summed E-state index contributed by atoms with van der Waals surface area (Å²) in [5.74, 6) is 2.41. The molecular weight excluding hydrogens is 356 g/mol. The van der Waals surface area contributed by atoms with Crippen LogP contribution in [-0.4, -0.2) is 32.5 Å². The highest BCUT2D eigenvalue weighted by Crippen LogP contribution is 2.30. The zero-order valence-electron chi connectivity index (χ0n) is 16.1. The van der Waals surface area contributed by atoms with Gasteiger partial charge in [-0.3, -0.25) is 9.36 Å². The van der Waals surface area contributed by atoms with Crippen LogP contribution in [0.3, 0.4) is 0 Å². The summed E-state index contributed by atoms with van der Waals surface area (Å²) in [6, 6.07) is 10.2. The van der Waals surface area contributed by atoms with E-state index in [-0.39, 0.29) is 11.9 Å². The van der Waals surface area contributed by atoms with Gasteiger partial charge in [-0.05, 0) is 18.3 Å². The van der Waals surface area contributed by atoms with Crippen LogP contribution in [0.5, 0.6) is 0 Å². The van der Waals surface area contributed by atoms with Crippen molar-refractivity contribution < 1.29 is 4.79 Å². The smallest absolute Gasteiger partial charge is 0.230 e. The zero-order valence-corrected chi connectivity index (χ0v) is 16.9. The fourth-order valence-electron chi connectivity index (χ4n) is 3.65. The molecule has 1 aromatic carbocycles. The van der Waals surface area contributed by atoms with E-state index in [0.29, 0.717) is 24.1 Å². The standard InChI is InChI=1S/C21H28N4OS/c1-4-13-25-20(17-10-6-5-7-11-17)23-24-21(25)27-14-19(26)22-18-12-8-9-15(2)16(18)3/h4-7,10-11,15-16,18H,1,8-9,12-14H2,2-3H3,(H,22,26)/t15-,16-,18-/m1/s1. The molecule has 0 spiro atoms. The van der Waals surface area contributed by atoms with Gasteiger partial charge in [0.25, 0.3) is 0 Å². The Hall–Kier alpha value is -2.08. The van der Waals surface area contributed by atoms with E-state index in [9.17, 15) is 4.79 Å². The third-order valence-electron chi connectivity index (χ3n) is 5.45. The first-order valence-corrected chi connectivity index (χ1v) is 10.6. The van der Waals surface area contributed by atoms with Crippen LogP contribution < -0.4 is 5.32 Å². The first kappa shape index (κ1) is 19.7. The van der Waals surface area contributed by atoms with Crippen molar-refractivity contribution in [1.29, 1.82) is 0 Å². The molecule has 0 bridgehead atoms. The molecule has 27 heavy (non-hydrogen) atoms. The Morgan fingerprint density at radius 3 is 2.81 bits per heavy atom. The lowest BCUT2D eigenvalue weighted by molar-refractivity contribution is -0.120. The van der Waals surface area contributed by atoms with Gasteiger partial charge >= 0.3 is 0 Å². The van der Waals surface area contributed by atoms with Crippen LogP contribution in [0.15, 0.2) is 48.1 Å². The minimum atomic E-state index is 0.0698. The summed E-state index contributed by atoms with van der Waals surface area (Å²) >= 11 is 1.43. The number of carbonyl (C=O) groups is 1. The van der Waals surface area contributed by atoms with Crippen molar-refractivity contribution in [3.8, 4) is 11.4 Å². The minimum absolute atomic E-state index is 0.0698. The fourth-order valence-corrected chi connectivity index (χ4v) is 4.41. The lowest BCUT2D eigenvalue weighted by atomic mass is 9.78. The Morgan fingerprint density at radius 2 is 2.07 bits per heavy atom. The maximum Gasteiger partial charge on any atom is 0.230 e. The number of aromatic nitrogens is 3. The molecule has 6 heteroatoms. The Kier molecular flexibility index (Phi) is 6.72. The van der Waals surface area contributed by atoms with Crippen LogP contribution in [0.1, 0.15) is 33.1 Å². The third kappa shape index (κ3) is 4.80. The highest BCUT2D eigenvalue weighted by molar-refractivity contribution is 7.99. The molecule has 1 N–H and O–H groups in total. The molecule has 1 saturated carbocycles. The predicted octanol–water partition coefficient (Wildman–Crippen LogP) is 4.16. The molecule has 0 saturated heterocycles.